The van der Waals surface area contributed by atoms with Gasteiger partial charge >= 0.3 is 0 Å². The van der Waals surface area contributed by atoms with Crippen LogP contribution in [0.3, 0.4) is 0 Å². The lowest BCUT2D eigenvalue weighted by Crippen LogP contribution is -2.57. The highest BCUT2D eigenvalue weighted by atomic mass is 19.1. The Morgan fingerprint density at radius 3 is 2.61 bits per heavy atom. The summed E-state index contributed by atoms with van der Waals surface area (Å²) in [5, 5.41) is 0. The fourth-order valence-electron chi connectivity index (χ4n) is 6.74. The maximum Gasteiger partial charge on any atom is 0.141 e. The zero-order valence-electron chi connectivity index (χ0n) is 14.2. The van der Waals surface area contributed by atoms with Crippen molar-refractivity contribution in [2.75, 3.05) is 0 Å². The van der Waals surface area contributed by atoms with Gasteiger partial charge in [-0.25, -0.2) is 4.39 Å². The van der Waals surface area contributed by atoms with Crippen LogP contribution in [0.1, 0.15) is 58.8 Å². The van der Waals surface area contributed by atoms with Crippen molar-refractivity contribution < 1.29 is 14.0 Å². The molecule has 23 heavy (non-hydrogen) atoms. The van der Waals surface area contributed by atoms with Gasteiger partial charge in [0.1, 0.15) is 17.7 Å². The topological polar surface area (TPSA) is 34.1 Å². The SMILES string of the molecule is C=C1CC2C(CC(F)C3(C)C(=O)CCC23)C2(C)CCC(=O)CC12. The molecule has 3 heteroatoms. The molecule has 0 heterocycles. The van der Waals surface area contributed by atoms with Gasteiger partial charge in [-0.3, -0.25) is 9.59 Å². The molecule has 4 aliphatic rings. The number of halogens is 1. The number of allylic oxidation sites excluding steroid dienone is 1. The van der Waals surface area contributed by atoms with E-state index in [1.807, 2.05) is 6.92 Å². The van der Waals surface area contributed by atoms with Crippen LogP contribution in [0.25, 0.3) is 0 Å². The van der Waals surface area contributed by atoms with E-state index in [1.165, 1.54) is 5.57 Å². The molecule has 0 aliphatic heterocycles. The van der Waals surface area contributed by atoms with Crippen LogP contribution in [0, 0.1) is 34.5 Å². The van der Waals surface area contributed by atoms with E-state index in [1.54, 1.807) is 0 Å². The molecule has 4 aliphatic carbocycles. The summed E-state index contributed by atoms with van der Waals surface area (Å²) >= 11 is 0. The Morgan fingerprint density at radius 1 is 1.13 bits per heavy atom. The van der Waals surface area contributed by atoms with Gasteiger partial charge in [0, 0.05) is 19.3 Å². The summed E-state index contributed by atoms with van der Waals surface area (Å²) in [4.78, 5) is 24.3. The predicted octanol–water partition coefficient (Wildman–Crippen LogP) is 4.28. The van der Waals surface area contributed by atoms with Crippen molar-refractivity contribution in [3.63, 3.8) is 0 Å². The molecule has 0 aromatic heterocycles. The van der Waals surface area contributed by atoms with Gasteiger partial charge in [0.15, 0.2) is 0 Å². The van der Waals surface area contributed by atoms with Crippen LogP contribution in [0.2, 0.25) is 0 Å². The van der Waals surface area contributed by atoms with Crippen LogP contribution in [0.4, 0.5) is 4.39 Å². The maximum absolute atomic E-state index is 15.1. The van der Waals surface area contributed by atoms with Crippen molar-refractivity contribution in [2.24, 2.45) is 34.5 Å². The lowest BCUT2D eigenvalue weighted by Gasteiger charge is -2.60. The van der Waals surface area contributed by atoms with Crippen LogP contribution in [0.15, 0.2) is 12.2 Å². The second-order valence-electron chi connectivity index (χ2n) is 8.99. The number of carbonyl (C=O) groups excluding carboxylic acids is 2. The van der Waals surface area contributed by atoms with Gasteiger partial charge in [0.25, 0.3) is 0 Å². The van der Waals surface area contributed by atoms with Crippen molar-refractivity contribution in [1.82, 2.24) is 0 Å². The van der Waals surface area contributed by atoms with Crippen molar-refractivity contribution in [1.29, 1.82) is 0 Å². The Morgan fingerprint density at radius 2 is 1.87 bits per heavy atom. The summed E-state index contributed by atoms with van der Waals surface area (Å²) in [7, 11) is 0. The van der Waals surface area contributed by atoms with Crippen molar-refractivity contribution in [3.8, 4) is 0 Å². The Bertz CT molecular complexity index is 596. The minimum atomic E-state index is -1.02. The van der Waals surface area contributed by atoms with Crippen LogP contribution >= 0.6 is 0 Å². The Balaban J connectivity index is 1.74. The normalized spacial score (nSPS) is 52.8. The molecule has 7 atom stereocenters. The minimum Gasteiger partial charge on any atom is -0.300 e. The van der Waals surface area contributed by atoms with Crippen molar-refractivity contribution in [2.45, 2.75) is 65.0 Å². The summed E-state index contributed by atoms with van der Waals surface area (Å²) in [6.45, 7) is 8.45. The molecule has 4 fully saturated rings. The molecular formula is C20H27FO2. The lowest BCUT2D eigenvalue weighted by molar-refractivity contribution is -0.149. The van der Waals surface area contributed by atoms with Crippen LogP contribution < -0.4 is 0 Å². The lowest BCUT2D eigenvalue weighted by atomic mass is 9.44. The third kappa shape index (κ3) is 1.85. The maximum atomic E-state index is 15.1. The molecule has 0 spiro atoms. The molecule has 0 aromatic rings. The Hall–Kier alpha value is -0.990. The first kappa shape index (κ1) is 15.5. The van der Waals surface area contributed by atoms with Crippen LogP contribution in [-0.2, 0) is 9.59 Å². The number of carbonyl (C=O) groups is 2. The van der Waals surface area contributed by atoms with E-state index in [2.05, 4.69) is 13.5 Å². The van der Waals surface area contributed by atoms with E-state index in [0.717, 1.165) is 19.3 Å². The number of hydrogen-bond donors (Lipinski definition) is 0. The van der Waals surface area contributed by atoms with Gasteiger partial charge in [-0.1, -0.05) is 19.1 Å². The van der Waals surface area contributed by atoms with Gasteiger partial charge in [-0.15, -0.1) is 0 Å². The third-order valence-electron chi connectivity index (χ3n) is 8.21. The quantitative estimate of drug-likeness (QED) is 0.625. The number of ketones is 2. The molecule has 0 N–H and O–H groups in total. The first-order valence-corrected chi connectivity index (χ1v) is 9.15. The number of rotatable bonds is 0. The average molecular weight is 318 g/mol. The summed E-state index contributed by atoms with van der Waals surface area (Å²) in [6, 6.07) is 0. The number of Topliss-reactive ketones (excluding diaryl/α,β-unsaturated/α-hetero) is 2. The number of alkyl halides is 1. The van der Waals surface area contributed by atoms with E-state index in [9.17, 15) is 9.59 Å². The fraction of sp³-hybridized carbons (Fsp3) is 0.800. The van der Waals surface area contributed by atoms with E-state index in [4.69, 9.17) is 0 Å². The zero-order valence-corrected chi connectivity index (χ0v) is 14.2. The molecule has 4 saturated carbocycles. The largest absolute Gasteiger partial charge is 0.300 e. The van der Waals surface area contributed by atoms with Crippen molar-refractivity contribution in [3.05, 3.63) is 12.2 Å². The van der Waals surface area contributed by atoms with E-state index >= 15 is 4.39 Å². The summed E-state index contributed by atoms with van der Waals surface area (Å²) in [6.07, 6.45) is 3.82. The second-order valence-corrected chi connectivity index (χ2v) is 8.99. The molecule has 0 radical (unpaired) electrons. The zero-order chi connectivity index (χ0) is 16.6. The molecular weight excluding hydrogens is 291 g/mol. The smallest absolute Gasteiger partial charge is 0.141 e. The molecule has 4 rings (SSSR count). The highest BCUT2D eigenvalue weighted by Crippen LogP contribution is 2.66. The van der Waals surface area contributed by atoms with Gasteiger partial charge in [-0.2, -0.15) is 0 Å². The highest BCUT2D eigenvalue weighted by molar-refractivity contribution is 5.88. The predicted molar refractivity (Wildman–Crippen MR) is 86.5 cm³/mol. The molecule has 0 bridgehead atoms. The average Bonchev–Trinajstić information content (AvgIpc) is 2.81. The summed E-state index contributed by atoms with van der Waals surface area (Å²) in [5.41, 5.74) is 0.404. The molecule has 2 nitrogen and oxygen atoms in total. The first-order chi connectivity index (χ1) is 10.8. The fourth-order valence-corrected chi connectivity index (χ4v) is 6.74. The number of fused-ring (bicyclic) bond motifs is 5. The van der Waals surface area contributed by atoms with Gasteiger partial charge in [0.2, 0.25) is 0 Å². The molecule has 0 aromatic carbocycles. The molecule has 0 saturated heterocycles. The highest BCUT2D eigenvalue weighted by Gasteiger charge is 2.64. The van der Waals surface area contributed by atoms with Crippen LogP contribution in [-0.4, -0.2) is 17.7 Å². The van der Waals surface area contributed by atoms with Crippen LogP contribution in [0.5, 0.6) is 0 Å². The van der Waals surface area contributed by atoms with E-state index in [0.29, 0.717) is 43.3 Å². The molecule has 7 unspecified atom stereocenters. The monoisotopic (exact) mass is 318 g/mol. The van der Waals surface area contributed by atoms with E-state index in [-0.39, 0.29) is 23.0 Å². The second kappa shape index (κ2) is 4.77. The Kier molecular flexibility index (Phi) is 3.22. The molecule has 126 valence electrons. The van der Waals surface area contributed by atoms with E-state index < -0.39 is 11.6 Å². The summed E-state index contributed by atoms with van der Waals surface area (Å²) in [5.74, 6) is 1.52. The van der Waals surface area contributed by atoms with Crippen molar-refractivity contribution >= 4 is 11.6 Å². The summed E-state index contributed by atoms with van der Waals surface area (Å²) < 4.78 is 15.1. The third-order valence-corrected chi connectivity index (χ3v) is 8.21. The standard InChI is InChI=1S/C20H27FO2/c1-11-8-13-14-4-5-18(23)20(14,3)17(21)10-16(13)19(2)7-6-12(22)9-15(11)19/h13-17H,1,4-10H2,2-3H3. The van der Waals surface area contributed by atoms with Gasteiger partial charge < -0.3 is 0 Å². The number of hydrogen-bond acceptors (Lipinski definition) is 2. The minimum absolute atomic E-state index is 0.00871. The van der Waals surface area contributed by atoms with Gasteiger partial charge in [0.05, 0.1) is 5.41 Å². The first-order valence-electron chi connectivity index (χ1n) is 9.15. The molecule has 0 amide bonds. The van der Waals surface area contributed by atoms with Gasteiger partial charge in [-0.05, 0) is 61.7 Å². The Labute approximate surface area is 137 Å².